The molecular weight excluding hydrogens is 230 g/mol. The molecule has 0 aliphatic rings. The molecule has 0 aliphatic heterocycles. The molecule has 6 nitrogen and oxygen atoms in total. The van der Waals surface area contributed by atoms with E-state index in [2.05, 4.69) is 20.2 Å². The molecule has 0 saturated carbocycles. The Bertz CT molecular complexity index is 745. The monoisotopic (exact) mass is 241 g/mol. The molecule has 0 atom stereocenters. The van der Waals surface area contributed by atoms with Crippen molar-refractivity contribution in [3.8, 4) is 11.3 Å². The number of H-pyrrole nitrogens is 2. The van der Waals surface area contributed by atoms with Crippen molar-refractivity contribution in [2.24, 2.45) is 5.73 Å². The molecule has 6 heteroatoms. The van der Waals surface area contributed by atoms with E-state index in [0.29, 0.717) is 11.1 Å². The Hall–Kier alpha value is -2.47. The molecule has 0 unspecified atom stereocenters. The van der Waals surface area contributed by atoms with E-state index in [1.807, 2.05) is 12.1 Å². The second-order valence-corrected chi connectivity index (χ2v) is 3.93. The van der Waals surface area contributed by atoms with Crippen LogP contribution in [0.15, 0.2) is 35.5 Å². The lowest BCUT2D eigenvalue weighted by molar-refractivity contribution is 0.900. The van der Waals surface area contributed by atoms with Crippen molar-refractivity contribution < 1.29 is 0 Å². The summed E-state index contributed by atoms with van der Waals surface area (Å²) >= 11 is 0. The molecular formula is C12H11N5O. The Morgan fingerprint density at radius 2 is 2.17 bits per heavy atom. The van der Waals surface area contributed by atoms with Gasteiger partial charge in [0.25, 0.3) is 5.56 Å². The standard InChI is InChI=1S/C12H11N5O/c13-4-10-9-3-7(11-5-14-6-15-11)1-2-8(9)12(18)17-16-10/h1-3,5-6H,4,13H2,(H,14,15)(H,17,18). The molecule has 0 bridgehead atoms. The summed E-state index contributed by atoms with van der Waals surface area (Å²) in [6, 6.07) is 5.53. The van der Waals surface area contributed by atoms with E-state index in [9.17, 15) is 4.79 Å². The maximum absolute atomic E-state index is 11.7. The van der Waals surface area contributed by atoms with E-state index >= 15 is 0 Å². The van der Waals surface area contributed by atoms with Crippen molar-refractivity contribution in [3.63, 3.8) is 0 Å². The fourth-order valence-electron chi connectivity index (χ4n) is 1.96. The third-order valence-corrected chi connectivity index (χ3v) is 2.87. The van der Waals surface area contributed by atoms with Crippen LogP contribution in [0.25, 0.3) is 22.0 Å². The smallest absolute Gasteiger partial charge is 0.272 e. The van der Waals surface area contributed by atoms with E-state index in [0.717, 1.165) is 16.6 Å². The van der Waals surface area contributed by atoms with Crippen molar-refractivity contribution in [2.45, 2.75) is 6.54 Å². The lowest BCUT2D eigenvalue weighted by atomic mass is 10.1. The molecule has 0 spiro atoms. The quantitative estimate of drug-likeness (QED) is 0.617. The molecule has 2 heterocycles. The maximum Gasteiger partial charge on any atom is 0.272 e. The summed E-state index contributed by atoms with van der Waals surface area (Å²) in [5, 5.41) is 7.76. The van der Waals surface area contributed by atoms with Crippen molar-refractivity contribution in [2.75, 3.05) is 0 Å². The van der Waals surface area contributed by atoms with Gasteiger partial charge < -0.3 is 10.7 Å². The third kappa shape index (κ3) is 1.59. The van der Waals surface area contributed by atoms with Crippen LogP contribution in [0.5, 0.6) is 0 Å². The van der Waals surface area contributed by atoms with Gasteiger partial charge in [0.2, 0.25) is 0 Å². The van der Waals surface area contributed by atoms with Crippen LogP contribution in [-0.4, -0.2) is 20.2 Å². The molecule has 0 radical (unpaired) electrons. The zero-order valence-electron chi connectivity index (χ0n) is 9.47. The number of imidazole rings is 1. The minimum Gasteiger partial charge on any atom is -0.345 e. The fourth-order valence-corrected chi connectivity index (χ4v) is 1.96. The van der Waals surface area contributed by atoms with Crippen LogP contribution in [0, 0.1) is 0 Å². The highest BCUT2D eigenvalue weighted by molar-refractivity contribution is 5.87. The van der Waals surface area contributed by atoms with E-state index in [4.69, 9.17) is 5.73 Å². The Labute approximate surface area is 102 Å². The molecule has 3 rings (SSSR count). The van der Waals surface area contributed by atoms with E-state index in [1.165, 1.54) is 0 Å². The van der Waals surface area contributed by atoms with Crippen molar-refractivity contribution in [1.82, 2.24) is 20.2 Å². The molecule has 90 valence electrons. The Balaban J connectivity index is 2.31. The number of nitrogens with two attached hydrogens (primary N) is 1. The highest BCUT2D eigenvalue weighted by atomic mass is 16.1. The van der Waals surface area contributed by atoms with Crippen molar-refractivity contribution in [3.05, 3.63) is 46.8 Å². The first-order valence-corrected chi connectivity index (χ1v) is 5.49. The zero-order valence-corrected chi connectivity index (χ0v) is 9.47. The number of aromatic nitrogens is 4. The van der Waals surface area contributed by atoms with Crippen LogP contribution in [0.2, 0.25) is 0 Å². The van der Waals surface area contributed by atoms with Crippen LogP contribution >= 0.6 is 0 Å². The van der Waals surface area contributed by atoms with Gasteiger partial charge >= 0.3 is 0 Å². The second kappa shape index (κ2) is 4.08. The van der Waals surface area contributed by atoms with Gasteiger partial charge in [0.15, 0.2) is 0 Å². The predicted octanol–water partition coefficient (Wildman–Crippen LogP) is 0.772. The Kier molecular flexibility index (Phi) is 2.42. The summed E-state index contributed by atoms with van der Waals surface area (Å²) in [4.78, 5) is 18.7. The van der Waals surface area contributed by atoms with Gasteiger partial charge in [0.05, 0.1) is 29.3 Å². The van der Waals surface area contributed by atoms with Gasteiger partial charge in [0, 0.05) is 17.5 Å². The molecule has 18 heavy (non-hydrogen) atoms. The van der Waals surface area contributed by atoms with E-state index in [-0.39, 0.29) is 12.1 Å². The lowest BCUT2D eigenvalue weighted by Gasteiger charge is -2.04. The lowest BCUT2D eigenvalue weighted by Crippen LogP contribution is -2.13. The highest BCUT2D eigenvalue weighted by Crippen LogP contribution is 2.22. The van der Waals surface area contributed by atoms with Gasteiger partial charge in [-0.2, -0.15) is 5.10 Å². The minimum atomic E-state index is -0.210. The molecule has 1 aromatic carbocycles. The number of nitrogens with zero attached hydrogens (tertiary/aromatic N) is 2. The number of fused-ring (bicyclic) bond motifs is 1. The SMILES string of the molecule is NCc1n[nH]c(=O)c2ccc(-c3cnc[nH]3)cc12. The summed E-state index contributed by atoms with van der Waals surface area (Å²) in [5.41, 5.74) is 7.93. The average Bonchev–Trinajstić information content (AvgIpc) is 2.93. The van der Waals surface area contributed by atoms with Gasteiger partial charge in [-0.15, -0.1) is 0 Å². The molecule has 3 aromatic rings. The van der Waals surface area contributed by atoms with Crippen molar-refractivity contribution in [1.29, 1.82) is 0 Å². The molecule has 0 fully saturated rings. The molecule has 0 aliphatic carbocycles. The van der Waals surface area contributed by atoms with Crippen LogP contribution in [0.1, 0.15) is 5.69 Å². The first-order valence-electron chi connectivity index (χ1n) is 5.49. The topological polar surface area (TPSA) is 100 Å². The zero-order chi connectivity index (χ0) is 12.5. The molecule has 2 aromatic heterocycles. The summed E-state index contributed by atoms with van der Waals surface area (Å²) in [6.45, 7) is 0.277. The normalized spacial score (nSPS) is 10.9. The third-order valence-electron chi connectivity index (χ3n) is 2.87. The van der Waals surface area contributed by atoms with Crippen LogP contribution in [0.4, 0.5) is 0 Å². The van der Waals surface area contributed by atoms with E-state index < -0.39 is 0 Å². The van der Waals surface area contributed by atoms with Gasteiger partial charge in [-0.3, -0.25) is 4.79 Å². The van der Waals surface area contributed by atoms with Gasteiger partial charge in [0.1, 0.15) is 0 Å². The highest BCUT2D eigenvalue weighted by Gasteiger charge is 2.07. The first kappa shape index (κ1) is 10.7. The first-order chi connectivity index (χ1) is 8.79. The Morgan fingerprint density at radius 1 is 1.28 bits per heavy atom. The van der Waals surface area contributed by atoms with Gasteiger partial charge in [-0.1, -0.05) is 6.07 Å². The molecule has 4 N–H and O–H groups in total. The number of hydrogen-bond donors (Lipinski definition) is 3. The molecule has 0 amide bonds. The van der Waals surface area contributed by atoms with E-state index in [1.54, 1.807) is 18.6 Å². The van der Waals surface area contributed by atoms with Gasteiger partial charge in [-0.05, 0) is 12.1 Å². The van der Waals surface area contributed by atoms with Crippen LogP contribution in [-0.2, 0) is 6.54 Å². The van der Waals surface area contributed by atoms with Crippen molar-refractivity contribution >= 4 is 10.8 Å². The summed E-state index contributed by atoms with van der Waals surface area (Å²) in [7, 11) is 0. The number of rotatable bonds is 2. The number of aromatic amines is 2. The molecule has 0 saturated heterocycles. The fraction of sp³-hybridized carbons (Fsp3) is 0.0833. The number of benzene rings is 1. The predicted molar refractivity (Wildman–Crippen MR) is 67.8 cm³/mol. The number of nitrogens with one attached hydrogen (secondary N) is 2. The summed E-state index contributed by atoms with van der Waals surface area (Å²) < 4.78 is 0. The summed E-state index contributed by atoms with van der Waals surface area (Å²) in [6.07, 6.45) is 3.34. The average molecular weight is 241 g/mol. The largest absolute Gasteiger partial charge is 0.345 e. The summed E-state index contributed by atoms with van der Waals surface area (Å²) in [5.74, 6) is 0. The van der Waals surface area contributed by atoms with Crippen LogP contribution < -0.4 is 11.3 Å². The maximum atomic E-state index is 11.7. The second-order valence-electron chi connectivity index (χ2n) is 3.93. The Morgan fingerprint density at radius 3 is 2.89 bits per heavy atom. The van der Waals surface area contributed by atoms with Crippen LogP contribution in [0.3, 0.4) is 0 Å². The number of hydrogen-bond acceptors (Lipinski definition) is 4. The van der Waals surface area contributed by atoms with Gasteiger partial charge in [-0.25, -0.2) is 10.1 Å². The minimum absolute atomic E-state index is 0.210.